The van der Waals surface area contributed by atoms with Crippen molar-refractivity contribution in [3.63, 3.8) is 0 Å². The van der Waals surface area contributed by atoms with E-state index in [4.69, 9.17) is 5.11 Å². The van der Waals surface area contributed by atoms with Gasteiger partial charge < -0.3 is 15.3 Å². The second-order valence-corrected chi connectivity index (χ2v) is 2.98. The second kappa shape index (κ2) is 3.42. The Morgan fingerprint density at radius 1 is 1.42 bits per heavy atom. The molecule has 2 amide bonds. The molecule has 12 heavy (non-hydrogen) atoms. The Balaban J connectivity index is 4.56. The molecule has 0 spiro atoms. The number of amides is 2. The third-order valence-electron chi connectivity index (χ3n) is 1.88. The highest BCUT2D eigenvalue weighted by Crippen LogP contribution is 2.11. The van der Waals surface area contributed by atoms with E-state index in [1.807, 2.05) is 0 Å². The largest absolute Gasteiger partial charge is 0.480 e. The van der Waals surface area contributed by atoms with Crippen LogP contribution in [0.15, 0.2) is 0 Å². The van der Waals surface area contributed by atoms with Crippen LogP contribution in [-0.4, -0.2) is 41.6 Å². The summed E-state index contributed by atoms with van der Waals surface area (Å²) in [7, 11) is 2.89. The smallest absolute Gasteiger partial charge is 0.329 e. The van der Waals surface area contributed by atoms with Crippen LogP contribution in [0.1, 0.15) is 13.8 Å². The normalized spacial score (nSPS) is 10.7. The lowest BCUT2D eigenvalue weighted by molar-refractivity contribution is -0.146. The Bertz CT molecular complexity index is 201. The minimum absolute atomic E-state index is 0.414. The van der Waals surface area contributed by atoms with Gasteiger partial charge in [0.15, 0.2) is 0 Å². The van der Waals surface area contributed by atoms with Crippen LogP contribution < -0.4 is 5.32 Å². The first-order chi connectivity index (χ1) is 5.34. The molecule has 0 aliphatic heterocycles. The van der Waals surface area contributed by atoms with Crippen LogP contribution in [0.25, 0.3) is 0 Å². The molecular weight excluding hydrogens is 160 g/mol. The average Bonchev–Trinajstić information content (AvgIpc) is 2.01. The van der Waals surface area contributed by atoms with Crippen LogP contribution in [0.2, 0.25) is 0 Å². The summed E-state index contributed by atoms with van der Waals surface area (Å²) in [6.07, 6.45) is 0. The molecule has 0 aliphatic rings. The van der Waals surface area contributed by atoms with Crippen LogP contribution >= 0.6 is 0 Å². The van der Waals surface area contributed by atoms with E-state index < -0.39 is 17.5 Å². The van der Waals surface area contributed by atoms with Crippen molar-refractivity contribution in [3.05, 3.63) is 0 Å². The van der Waals surface area contributed by atoms with Gasteiger partial charge in [0.25, 0.3) is 0 Å². The van der Waals surface area contributed by atoms with Gasteiger partial charge in [0.1, 0.15) is 5.54 Å². The van der Waals surface area contributed by atoms with Crippen molar-refractivity contribution in [2.75, 3.05) is 14.1 Å². The fraction of sp³-hybridized carbons (Fsp3) is 0.714. The number of carboxylic acid groups (broad SMARTS) is 1. The van der Waals surface area contributed by atoms with Crippen molar-refractivity contribution in [2.24, 2.45) is 0 Å². The third kappa shape index (κ3) is 1.87. The van der Waals surface area contributed by atoms with Crippen LogP contribution in [-0.2, 0) is 4.79 Å². The number of nitrogens with zero attached hydrogens (tertiary/aromatic N) is 1. The molecule has 0 radical (unpaired) electrons. The van der Waals surface area contributed by atoms with Crippen LogP contribution in [0.5, 0.6) is 0 Å². The van der Waals surface area contributed by atoms with Gasteiger partial charge in [0, 0.05) is 14.1 Å². The first-order valence-electron chi connectivity index (χ1n) is 3.53. The molecule has 0 fully saturated rings. The molecule has 2 N–H and O–H groups in total. The molecule has 0 aromatic rings. The number of carbonyl (C=O) groups is 2. The summed E-state index contributed by atoms with van der Waals surface area (Å²) in [5, 5.41) is 11.1. The maximum absolute atomic E-state index is 11.0. The van der Waals surface area contributed by atoms with Crippen molar-refractivity contribution in [2.45, 2.75) is 19.4 Å². The molecule has 0 aromatic heterocycles. The monoisotopic (exact) mass is 174 g/mol. The summed E-state index contributed by atoms with van der Waals surface area (Å²) in [5.74, 6) is -1.03. The predicted molar refractivity (Wildman–Crippen MR) is 43.9 cm³/mol. The highest BCUT2D eigenvalue weighted by Gasteiger charge is 2.34. The molecule has 5 heteroatoms. The van der Waals surface area contributed by atoms with E-state index in [0.717, 1.165) is 4.90 Å². The molecule has 0 rings (SSSR count). The molecule has 0 saturated heterocycles. The lowest BCUT2D eigenvalue weighted by atomic mass is 10.1. The highest BCUT2D eigenvalue weighted by molar-refractivity contribution is 5.85. The highest BCUT2D eigenvalue weighted by atomic mass is 16.4. The van der Waals surface area contributed by atoms with E-state index in [-0.39, 0.29) is 0 Å². The Morgan fingerprint density at radius 3 is 2.08 bits per heavy atom. The van der Waals surface area contributed by atoms with Gasteiger partial charge in [-0.2, -0.15) is 0 Å². The third-order valence-corrected chi connectivity index (χ3v) is 1.88. The van der Waals surface area contributed by atoms with Crippen molar-refractivity contribution >= 4 is 12.0 Å². The Morgan fingerprint density at radius 2 is 1.83 bits per heavy atom. The quantitative estimate of drug-likeness (QED) is 0.624. The van der Waals surface area contributed by atoms with Gasteiger partial charge >= 0.3 is 12.0 Å². The minimum Gasteiger partial charge on any atom is -0.480 e. The Labute approximate surface area is 71.4 Å². The summed E-state index contributed by atoms with van der Waals surface area (Å²) in [6.45, 7) is 2.93. The molecule has 0 unspecified atom stereocenters. The second-order valence-electron chi connectivity index (χ2n) is 2.98. The number of hydrogen-bond acceptors (Lipinski definition) is 2. The lowest BCUT2D eigenvalue weighted by Crippen LogP contribution is -2.53. The number of hydrogen-bond donors (Lipinski definition) is 2. The molecule has 0 atom stereocenters. The standard InChI is InChI=1S/C7H14N2O3/c1-7(2,5(10)11)9(4)6(12)8-3/h1-4H3,(H,8,12)(H,10,11). The summed E-state index contributed by atoms with van der Waals surface area (Å²) in [4.78, 5) is 22.8. The number of carboxylic acids is 1. The van der Waals surface area contributed by atoms with E-state index in [2.05, 4.69) is 5.32 Å². The van der Waals surface area contributed by atoms with Gasteiger partial charge in [-0.1, -0.05) is 0 Å². The molecule has 0 saturated carbocycles. The molecule has 0 aliphatic carbocycles. The number of likely N-dealkylation sites (N-methyl/N-ethyl adjacent to an activating group) is 1. The zero-order chi connectivity index (χ0) is 9.94. The summed E-state index contributed by atoms with van der Waals surface area (Å²) < 4.78 is 0. The Hall–Kier alpha value is -1.26. The van der Waals surface area contributed by atoms with Gasteiger partial charge in [-0.15, -0.1) is 0 Å². The van der Waals surface area contributed by atoms with Gasteiger partial charge in [0.05, 0.1) is 0 Å². The average molecular weight is 174 g/mol. The Kier molecular flexibility index (Phi) is 3.06. The maximum atomic E-state index is 11.0. The van der Waals surface area contributed by atoms with Crippen LogP contribution in [0.4, 0.5) is 4.79 Å². The SMILES string of the molecule is CNC(=O)N(C)C(C)(C)C(=O)O. The van der Waals surface area contributed by atoms with Crippen LogP contribution in [0, 0.1) is 0 Å². The van der Waals surface area contributed by atoms with Gasteiger partial charge in [-0.05, 0) is 13.8 Å². The summed E-state index contributed by atoms with van der Waals surface area (Å²) in [6, 6.07) is -0.414. The zero-order valence-electron chi connectivity index (χ0n) is 7.71. The molecule has 0 aromatic carbocycles. The first kappa shape index (κ1) is 10.7. The van der Waals surface area contributed by atoms with Gasteiger partial charge in [-0.25, -0.2) is 9.59 Å². The van der Waals surface area contributed by atoms with Crippen molar-refractivity contribution in [3.8, 4) is 0 Å². The van der Waals surface area contributed by atoms with Crippen molar-refractivity contribution in [1.29, 1.82) is 0 Å². The molecule has 5 nitrogen and oxygen atoms in total. The van der Waals surface area contributed by atoms with E-state index in [0.29, 0.717) is 0 Å². The van der Waals surface area contributed by atoms with Gasteiger partial charge in [0.2, 0.25) is 0 Å². The molecular formula is C7H14N2O3. The fourth-order valence-corrected chi connectivity index (χ4v) is 0.565. The maximum Gasteiger partial charge on any atom is 0.329 e. The molecule has 0 bridgehead atoms. The number of carbonyl (C=O) groups excluding carboxylic acids is 1. The topological polar surface area (TPSA) is 69.6 Å². The van der Waals surface area contributed by atoms with Crippen LogP contribution in [0.3, 0.4) is 0 Å². The van der Waals surface area contributed by atoms with E-state index in [9.17, 15) is 9.59 Å². The van der Waals surface area contributed by atoms with Crippen molar-refractivity contribution < 1.29 is 14.7 Å². The number of rotatable bonds is 2. The summed E-state index contributed by atoms with van der Waals surface area (Å²) >= 11 is 0. The first-order valence-corrected chi connectivity index (χ1v) is 3.53. The summed E-state index contributed by atoms with van der Waals surface area (Å²) in [5.41, 5.74) is -1.18. The number of aliphatic carboxylic acids is 1. The zero-order valence-corrected chi connectivity index (χ0v) is 7.71. The number of urea groups is 1. The molecule has 70 valence electrons. The minimum atomic E-state index is -1.18. The van der Waals surface area contributed by atoms with Crippen molar-refractivity contribution in [1.82, 2.24) is 10.2 Å². The fourth-order valence-electron chi connectivity index (χ4n) is 0.565. The van der Waals surface area contributed by atoms with E-state index >= 15 is 0 Å². The predicted octanol–water partition coefficient (Wildman–Crippen LogP) is 0.121. The van der Waals surface area contributed by atoms with E-state index in [1.54, 1.807) is 0 Å². The lowest BCUT2D eigenvalue weighted by Gasteiger charge is -2.30. The van der Waals surface area contributed by atoms with Gasteiger partial charge in [-0.3, -0.25) is 0 Å². The number of nitrogens with one attached hydrogen (secondary N) is 1. The molecule has 0 heterocycles. The van der Waals surface area contributed by atoms with E-state index in [1.165, 1.54) is 27.9 Å².